The van der Waals surface area contributed by atoms with Crippen LogP contribution in [0.2, 0.25) is 0 Å². The van der Waals surface area contributed by atoms with Gasteiger partial charge in [0.15, 0.2) is 11.4 Å². The molecule has 50 heavy (non-hydrogen) atoms. The minimum absolute atomic E-state index is 0.0864. The van der Waals surface area contributed by atoms with Crippen molar-refractivity contribution in [1.82, 2.24) is 29.4 Å². The second-order valence-corrected chi connectivity index (χ2v) is 13.7. The molecule has 2 aromatic carbocycles. The first-order valence-corrected chi connectivity index (χ1v) is 15.9. The lowest BCUT2D eigenvalue weighted by molar-refractivity contribution is -0.158. The first-order chi connectivity index (χ1) is 23.5. The Kier molecular flexibility index (Phi) is 9.84. The maximum Gasteiger partial charge on any atom is 0.329 e. The predicted molar refractivity (Wildman–Crippen MR) is 182 cm³/mol. The van der Waals surface area contributed by atoms with Crippen molar-refractivity contribution in [2.75, 3.05) is 0 Å². The Morgan fingerprint density at radius 3 is 1.28 bits per heavy atom. The number of esters is 2. The summed E-state index contributed by atoms with van der Waals surface area (Å²) in [5, 5.41) is 5.21. The maximum atomic E-state index is 13.7. The molecule has 0 spiro atoms. The van der Waals surface area contributed by atoms with Crippen LogP contribution in [0.5, 0.6) is 0 Å². The highest BCUT2D eigenvalue weighted by Crippen LogP contribution is 2.15. The quantitative estimate of drug-likeness (QED) is 0.208. The minimum Gasteiger partial charge on any atom is -0.458 e. The Balaban J connectivity index is 1.47. The Morgan fingerprint density at radius 2 is 0.960 bits per heavy atom. The van der Waals surface area contributed by atoms with Gasteiger partial charge in [0.2, 0.25) is 0 Å². The van der Waals surface area contributed by atoms with Gasteiger partial charge in [-0.1, -0.05) is 60.7 Å². The Labute approximate surface area is 286 Å². The van der Waals surface area contributed by atoms with Crippen LogP contribution in [0.25, 0.3) is 11.0 Å². The number of aromatic nitrogens is 4. The van der Waals surface area contributed by atoms with Crippen molar-refractivity contribution in [3.05, 3.63) is 117 Å². The van der Waals surface area contributed by atoms with E-state index in [4.69, 9.17) is 9.47 Å². The van der Waals surface area contributed by atoms with E-state index in [-0.39, 0.29) is 23.9 Å². The van der Waals surface area contributed by atoms with E-state index in [0.29, 0.717) is 0 Å². The molecule has 260 valence electrons. The zero-order valence-corrected chi connectivity index (χ0v) is 28.6. The third-order valence-corrected chi connectivity index (χ3v) is 7.37. The highest BCUT2D eigenvalue weighted by Gasteiger charge is 2.32. The summed E-state index contributed by atoms with van der Waals surface area (Å²) in [5.41, 5.74) is -3.53. The van der Waals surface area contributed by atoms with Crippen LogP contribution in [-0.2, 0) is 31.9 Å². The van der Waals surface area contributed by atoms with Gasteiger partial charge in [0.05, 0.1) is 0 Å². The number of nitrogens with zero attached hydrogens (tertiary/aromatic N) is 4. The number of ether oxygens (including phenoxy) is 2. The van der Waals surface area contributed by atoms with Gasteiger partial charge in [0, 0.05) is 12.8 Å². The number of rotatable bonds is 10. The van der Waals surface area contributed by atoms with Crippen molar-refractivity contribution in [2.24, 2.45) is 0 Å². The van der Waals surface area contributed by atoms with Crippen molar-refractivity contribution in [3.8, 4) is 0 Å². The molecule has 0 radical (unpaired) electrons. The Morgan fingerprint density at radius 1 is 0.620 bits per heavy atom. The Bertz CT molecular complexity index is 2010. The summed E-state index contributed by atoms with van der Waals surface area (Å²) < 4.78 is 12.8. The number of carbonyl (C=O) groups is 4. The van der Waals surface area contributed by atoms with E-state index in [1.807, 2.05) is 12.1 Å². The number of imidazole rings is 2. The number of nitrogens with one attached hydrogen (secondary N) is 2. The van der Waals surface area contributed by atoms with E-state index >= 15 is 0 Å². The smallest absolute Gasteiger partial charge is 0.329 e. The molecular weight excluding hydrogens is 644 g/mol. The van der Waals surface area contributed by atoms with Crippen LogP contribution < -0.4 is 21.8 Å². The van der Waals surface area contributed by atoms with E-state index in [2.05, 4.69) is 20.6 Å². The van der Waals surface area contributed by atoms with Crippen LogP contribution in [0.15, 0.2) is 82.9 Å². The van der Waals surface area contributed by atoms with Gasteiger partial charge in [-0.25, -0.2) is 19.6 Å². The number of fused-ring (bicyclic) bond motifs is 2. The fourth-order valence-electron chi connectivity index (χ4n) is 5.26. The highest BCUT2D eigenvalue weighted by molar-refractivity contribution is 6.02. The van der Waals surface area contributed by atoms with E-state index in [1.54, 1.807) is 90.1 Å². The molecule has 2 amide bonds. The molecule has 5 rings (SSSR count). The zero-order chi connectivity index (χ0) is 36.4. The summed E-state index contributed by atoms with van der Waals surface area (Å²) in [6.07, 6.45) is 2.15. The molecule has 0 saturated carbocycles. The van der Waals surface area contributed by atoms with Gasteiger partial charge in [0.25, 0.3) is 22.9 Å². The lowest BCUT2D eigenvalue weighted by Crippen LogP contribution is -2.46. The predicted octanol–water partition coefficient (Wildman–Crippen LogP) is 2.51. The Hall–Kier alpha value is -5.92. The van der Waals surface area contributed by atoms with Gasteiger partial charge in [0.1, 0.15) is 47.0 Å². The van der Waals surface area contributed by atoms with E-state index in [9.17, 15) is 28.8 Å². The molecule has 3 heterocycles. The molecule has 0 bridgehead atoms. The molecule has 14 nitrogen and oxygen atoms in total. The fraction of sp³-hybridized carbons (Fsp3) is 0.333. The normalized spacial score (nSPS) is 13.1. The van der Waals surface area contributed by atoms with Crippen LogP contribution in [0.1, 0.15) is 73.6 Å². The molecule has 0 fully saturated rings. The molecule has 2 N–H and O–H groups in total. The van der Waals surface area contributed by atoms with E-state index in [0.717, 1.165) is 32.6 Å². The molecule has 2 atom stereocenters. The van der Waals surface area contributed by atoms with Crippen LogP contribution in [0.3, 0.4) is 0 Å². The second-order valence-electron chi connectivity index (χ2n) is 13.7. The standard InChI is InChI=1S/C36H38N6O8/c1-35(2,3)49-33(47)23(17-21-13-9-7-10-14-21)39-29(43)25-27-31(45)42-20-38-26(28(42)32(46)41(27)19-37-25)30(44)40-24(34(48)50-36(4,5)6)18-22-15-11-8-12-16-22/h7-16,19-20,23-24H,17-18H2,1-6H3,(H,39,43)(H,40,44)/t23-,24-/m0/s1. The largest absolute Gasteiger partial charge is 0.458 e. The third kappa shape index (κ3) is 8.02. The highest BCUT2D eigenvalue weighted by atomic mass is 16.6. The van der Waals surface area contributed by atoms with Crippen molar-refractivity contribution in [1.29, 1.82) is 0 Å². The van der Waals surface area contributed by atoms with Crippen molar-refractivity contribution in [3.63, 3.8) is 0 Å². The molecule has 3 aromatic heterocycles. The average Bonchev–Trinajstić information content (AvgIpc) is 3.69. The molecule has 0 aliphatic rings. The molecular formula is C36H38N6O8. The first kappa shape index (κ1) is 35.4. The summed E-state index contributed by atoms with van der Waals surface area (Å²) in [6.45, 7) is 10.2. The number of amides is 2. The van der Waals surface area contributed by atoms with Gasteiger partial charge < -0.3 is 20.1 Å². The summed E-state index contributed by atoms with van der Waals surface area (Å²) in [4.78, 5) is 89.0. The second kappa shape index (κ2) is 13.9. The summed E-state index contributed by atoms with van der Waals surface area (Å²) >= 11 is 0. The molecule has 0 saturated heterocycles. The monoisotopic (exact) mass is 682 g/mol. The third-order valence-electron chi connectivity index (χ3n) is 7.37. The summed E-state index contributed by atoms with van der Waals surface area (Å²) in [6, 6.07) is 15.6. The zero-order valence-electron chi connectivity index (χ0n) is 28.6. The number of hydrogen-bond donors (Lipinski definition) is 2. The van der Waals surface area contributed by atoms with Gasteiger partial charge in [-0.15, -0.1) is 0 Å². The van der Waals surface area contributed by atoms with Gasteiger partial charge in [-0.05, 0) is 52.7 Å². The van der Waals surface area contributed by atoms with Gasteiger partial charge in [-0.3, -0.25) is 28.0 Å². The number of carbonyl (C=O) groups excluding carboxylic acids is 4. The lowest BCUT2D eigenvalue weighted by Gasteiger charge is -2.24. The molecule has 0 aliphatic carbocycles. The van der Waals surface area contributed by atoms with Crippen molar-refractivity contribution in [2.45, 2.75) is 77.7 Å². The topological polar surface area (TPSA) is 180 Å². The molecule has 0 aliphatic heterocycles. The minimum atomic E-state index is -1.15. The summed E-state index contributed by atoms with van der Waals surface area (Å²) in [5.74, 6) is -3.19. The van der Waals surface area contributed by atoms with Crippen LogP contribution >= 0.6 is 0 Å². The first-order valence-electron chi connectivity index (χ1n) is 15.9. The molecule has 0 unspecified atom stereocenters. The van der Waals surface area contributed by atoms with Crippen molar-refractivity contribution >= 4 is 34.8 Å². The van der Waals surface area contributed by atoms with Crippen LogP contribution in [0, 0.1) is 0 Å². The van der Waals surface area contributed by atoms with Crippen LogP contribution in [-0.4, -0.2) is 65.8 Å². The van der Waals surface area contributed by atoms with Gasteiger partial charge >= 0.3 is 11.9 Å². The molecule has 5 aromatic rings. The summed E-state index contributed by atoms with van der Waals surface area (Å²) in [7, 11) is 0. The number of benzene rings is 2. The molecule has 14 heteroatoms. The van der Waals surface area contributed by atoms with Crippen molar-refractivity contribution < 1.29 is 28.7 Å². The maximum absolute atomic E-state index is 13.7. The number of hydrogen-bond acceptors (Lipinski definition) is 10. The average molecular weight is 683 g/mol. The lowest BCUT2D eigenvalue weighted by atomic mass is 10.1. The SMILES string of the molecule is CC(C)(C)OC(=O)[C@H](Cc1ccccc1)NC(=O)c1ncn2c(=O)c3c(C(=O)N[C@@H](Cc4ccccc4)C(=O)OC(C)(C)C)ncn3c(=O)c12. The van der Waals surface area contributed by atoms with E-state index in [1.165, 1.54) is 0 Å². The fourth-order valence-corrected chi connectivity index (χ4v) is 5.26. The van der Waals surface area contributed by atoms with Gasteiger partial charge in [-0.2, -0.15) is 0 Å². The van der Waals surface area contributed by atoms with Crippen LogP contribution in [0.4, 0.5) is 0 Å². The van der Waals surface area contributed by atoms with E-state index < -0.39 is 69.5 Å².